The Labute approximate surface area is 113 Å². The topological polar surface area (TPSA) is 118 Å². The molecular formula is C10H9N7O2S. The predicted octanol–water partition coefficient (Wildman–Crippen LogP) is 0.186. The highest BCUT2D eigenvalue weighted by Crippen LogP contribution is 2.14. The van der Waals surface area contributed by atoms with Crippen molar-refractivity contribution in [3.05, 3.63) is 43.4 Å². The van der Waals surface area contributed by atoms with Crippen LogP contribution in [0.5, 0.6) is 0 Å². The largest absolute Gasteiger partial charge is 0.284 e. The van der Waals surface area contributed by atoms with E-state index in [0.717, 1.165) is 0 Å². The van der Waals surface area contributed by atoms with E-state index >= 15 is 0 Å². The minimum Gasteiger partial charge on any atom is -0.284 e. The number of H-pyrrole nitrogens is 1. The number of aromatic nitrogens is 6. The predicted molar refractivity (Wildman–Crippen MR) is 68.6 cm³/mol. The third-order valence-corrected chi connectivity index (χ3v) is 3.79. The van der Waals surface area contributed by atoms with Gasteiger partial charge in [-0.15, -0.1) is 0 Å². The van der Waals surface area contributed by atoms with Crippen LogP contribution in [0.15, 0.2) is 48.3 Å². The molecule has 3 heterocycles. The zero-order valence-corrected chi connectivity index (χ0v) is 10.8. The molecule has 10 heteroatoms. The van der Waals surface area contributed by atoms with Crippen LogP contribution in [0.25, 0.3) is 5.82 Å². The van der Waals surface area contributed by atoms with E-state index in [1.165, 1.54) is 35.9 Å². The number of pyridine rings is 1. The minimum absolute atomic E-state index is 0.0536. The second-order valence-electron chi connectivity index (χ2n) is 3.78. The van der Waals surface area contributed by atoms with Gasteiger partial charge in [0.15, 0.2) is 5.82 Å². The van der Waals surface area contributed by atoms with E-state index in [1.54, 1.807) is 12.1 Å². The maximum absolute atomic E-state index is 11.9. The monoisotopic (exact) mass is 291 g/mol. The van der Waals surface area contributed by atoms with E-state index in [9.17, 15) is 8.42 Å². The Morgan fingerprint density at radius 2 is 2.15 bits per heavy atom. The summed E-state index contributed by atoms with van der Waals surface area (Å²) in [4.78, 5) is 7.95. The minimum atomic E-state index is -3.66. The molecule has 0 aliphatic heterocycles. The lowest BCUT2D eigenvalue weighted by atomic mass is 10.4. The highest BCUT2D eigenvalue weighted by Gasteiger charge is 2.15. The SMILES string of the molecule is O=S(=O)(Nc1ccc(-n2cncn2)nc1)c1cn[nH]c1. The summed E-state index contributed by atoms with van der Waals surface area (Å²) in [7, 11) is -3.66. The average Bonchev–Trinajstić information content (AvgIpc) is 3.13. The van der Waals surface area contributed by atoms with Gasteiger partial charge in [0.2, 0.25) is 0 Å². The van der Waals surface area contributed by atoms with Crippen molar-refractivity contribution in [3.63, 3.8) is 0 Å². The van der Waals surface area contributed by atoms with Crippen molar-refractivity contribution in [2.24, 2.45) is 0 Å². The molecule has 0 fully saturated rings. The van der Waals surface area contributed by atoms with Crippen molar-refractivity contribution < 1.29 is 8.42 Å². The van der Waals surface area contributed by atoms with Crippen molar-refractivity contribution >= 4 is 15.7 Å². The maximum Gasteiger partial charge on any atom is 0.265 e. The third kappa shape index (κ3) is 2.36. The van der Waals surface area contributed by atoms with Crippen LogP contribution in [0.4, 0.5) is 5.69 Å². The number of nitrogens with zero attached hydrogens (tertiary/aromatic N) is 5. The van der Waals surface area contributed by atoms with E-state index in [0.29, 0.717) is 11.5 Å². The van der Waals surface area contributed by atoms with Crippen LogP contribution < -0.4 is 4.72 Å². The summed E-state index contributed by atoms with van der Waals surface area (Å²) in [6.07, 6.45) is 6.79. The van der Waals surface area contributed by atoms with Gasteiger partial charge in [0.1, 0.15) is 17.6 Å². The summed E-state index contributed by atoms with van der Waals surface area (Å²) in [6, 6.07) is 3.21. The Kier molecular flexibility index (Phi) is 2.91. The van der Waals surface area contributed by atoms with Gasteiger partial charge < -0.3 is 0 Å². The summed E-state index contributed by atoms with van der Waals surface area (Å²) >= 11 is 0. The standard InChI is InChI=1S/C10H9N7O2S/c18-20(19,9-4-13-14-5-9)16-8-1-2-10(12-3-8)17-7-11-6-15-17/h1-7,16H,(H,13,14). The summed E-state index contributed by atoms with van der Waals surface area (Å²) in [5, 5.41) is 9.97. The maximum atomic E-state index is 11.9. The molecule has 0 unspecified atom stereocenters. The number of nitrogens with one attached hydrogen (secondary N) is 2. The van der Waals surface area contributed by atoms with Gasteiger partial charge >= 0.3 is 0 Å². The third-order valence-electron chi connectivity index (χ3n) is 2.44. The van der Waals surface area contributed by atoms with Crippen molar-refractivity contribution in [3.8, 4) is 5.82 Å². The lowest BCUT2D eigenvalue weighted by molar-refractivity contribution is 0.601. The van der Waals surface area contributed by atoms with Gasteiger partial charge in [-0.25, -0.2) is 23.1 Å². The molecule has 2 N–H and O–H groups in total. The van der Waals surface area contributed by atoms with E-state index in [-0.39, 0.29) is 4.90 Å². The Bertz CT molecular complexity index is 779. The molecule has 0 atom stereocenters. The second-order valence-corrected chi connectivity index (χ2v) is 5.47. The summed E-state index contributed by atoms with van der Waals surface area (Å²) in [5.41, 5.74) is 0.343. The number of hydrogen-bond donors (Lipinski definition) is 2. The van der Waals surface area contributed by atoms with Crippen LogP contribution in [-0.4, -0.2) is 38.4 Å². The quantitative estimate of drug-likeness (QED) is 0.708. The molecule has 0 saturated heterocycles. The summed E-state index contributed by atoms with van der Waals surface area (Å²) in [6.45, 7) is 0. The van der Waals surface area contributed by atoms with E-state index in [2.05, 4.69) is 30.0 Å². The Morgan fingerprint density at radius 3 is 2.75 bits per heavy atom. The highest BCUT2D eigenvalue weighted by molar-refractivity contribution is 7.92. The van der Waals surface area contributed by atoms with E-state index in [1.807, 2.05) is 0 Å². The smallest absolute Gasteiger partial charge is 0.265 e. The molecule has 0 aliphatic rings. The van der Waals surface area contributed by atoms with Gasteiger partial charge in [0.25, 0.3) is 10.0 Å². The second kappa shape index (κ2) is 4.74. The molecule has 0 aliphatic carbocycles. The molecule has 0 saturated carbocycles. The van der Waals surface area contributed by atoms with Crippen LogP contribution in [0.3, 0.4) is 0 Å². The van der Waals surface area contributed by atoms with Crippen LogP contribution in [0.1, 0.15) is 0 Å². The molecule has 0 spiro atoms. The molecule has 3 aromatic heterocycles. The number of aromatic amines is 1. The van der Waals surface area contributed by atoms with Crippen LogP contribution >= 0.6 is 0 Å². The zero-order chi connectivity index (χ0) is 14.0. The van der Waals surface area contributed by atoms with Crippen molar-refractivity contribution in [2.75, 3.05) is 4.72 Å². The van der Waals surface area contributed by atoms with Crippen molar-refractivity contribution in [2.45, 2.75) is 4.90 Å². The van der Waals surface area contributed by atoms with Gasteiger partial charge in [-0.05, 0) is 12.1 Å². The lowest BCUT2D eigenvalue weighted by Gasteiger charge is -2.06. The van der Waals surface area contributed by atoms with Crippen LogP contribution in [0.2, 0.25) is 0 Å². The number of anilines is 1. The normalized spacial score (nSPS) is 11.4. The first-order valence-corrected chi connectivity index (χ1v) is 6.96. The van der Waals surface area contributed by atoms with Crippen LogP contribution in [0, 0.1) is 0 Å². The molecule has 9 nitrogen and oxygen atoms in total. The van der Waals surface area contributed by atoms with Crippen molar-refractivity contribution in [1.29, 1.82) is 0 Å². The summed E-state index contributed by atoms with van der Waals surface area (Å²) in [5.74, 6) is 0.536. The van der Waals surface area contributed by atoms with E-state index in [4.69, 9.17) is 0 Å². The molecule has 0 radical (unpaired) electrons. The molecule has 3 rings (SSSR count). The van der Waals surface area contributed by atoms with Gasteiger partial charge in [-0.2, -0.15) is 10.2 Å². The molecule has 102 valence electrons. The van der Waals surface area contributed by atoms with Crippen molar-refractivity contribution in [1.82, 2.24) is 29.9 Å². The van der Waals surface area contributed by atoms with Gasteiger partial charge in [0, 0.05) is 6.20 Å². The fourth-order valence-corrected chi connectivity index (χ4v) is 2.46. The Morgan fingerprint density at radius 1 is 1.25 bits per heavy atom. The first-order valence-electron chi connectivity index (χ1n) is 5.48. The molecule has 20 heavy (non-hydrogen) atoms. The highest BCUT2D eigenvalue weighted by atomic mass is 32.2. The molecular weight excluding hydrogens is 282 g/mol. The average molecular weight is 291 g/mol. The van der Waals surface area contributed by atoms with Gasteiger partial charge in [-0.1, -0.05) is 0 Å². The first-order chi connectivity index (χ1) is 9.65. The molecule has 3 aromatic rings. The fourth-order valence-electron chi connectivity index (χ4n) is 1.51. The lowest BCUT2D eigenvalue weighted by Crippen LogP contribution is -2.12. The van der Waals surface area contributed by atoms with Gasteiger partial charge in [0.05, 0.1) is 18.1 Å². The Balaban J connectivity index is 1.83. The zero-order valence-electron chi connectivity index (χ0n) is 10.0. The number of sulfonamides is 1. The fraction of sp³-hybridized carbons (Fsp3) is 0. The first kappa shape index (κ1) is 12.3. The summed E-state index contributed by atoms with van der Waals surface area (Å²) < 4.78 is 27.8. The Hall–Kier alpha value is -2.75. The molecule has 0 amide bonds. The molecule has 0 aromatic carbocycles. The van der Waals surface area contributed by atoms with E-state index < -0.39 is 10.0 Å². The molecule has 0 bridgehead atoms. The van der Waals surface area contributed by atoms with Gasteiger partial charge in [-0.3, -0.25) is 9.82 Å². The number of hydrogen-bond acceptors (Lipinski definition) is 6. The number of rotatable bonds is 4. The van der Waals surface area contributed by atoms with Crippen LogP contribution in [-0.2, 0) is 10.0 Å².